The van der Waals surface area contributed by atoms with Crippen molar-refractivity contribution in [2.24, 2.45) is 0 Å². The zero-order valence-corrected chi connectivity index (χ0v) is 12.5. The molecule has 1 aromatic rings. The third kappa shape index (κ3) is 3.51. The maximum Gasteiger partial charge on any atom is 0.304 e. The molecule has 8 heteroatoms. The molecule has 0 aliphatic rings. The average Bonchev–Trinajstić information content (AvgIpc) is 2.54. The second-order valence-electron chi connectivity index (χ2n) is 3.46. The van der Waals surface area contributed by atoms with Gasteiger partial charge in [0.15, 0.2) is 0 Å². The van der Waals surface area contributed by atoms with Crippen molar-refractivity contribution in [3.05, 3.63) is 15.4 Å². The summed E-state index contributed by atoms with van der Waals surface area (Å²) < 4.78 is 26.0. The fourth-order valence-corrected chi connectivity index (χ4v) is 5.25. The number of carboxylic acids is 1. The summed E-state index contributed by atoms with van der Waals surface area (Å²) in [5.74, 6) is -1.02. The molecule has 0 aliphatic carbocycles. The highest BCUT2D eigenvalue weighted by Crippen LogP contribution is 2.32. The number of halogens is 1. The maximum atomic E-state index is 12.1. The summed E-state index contributed by atoms with van der Waals surface area (Å²) in [6.45, 7) is 1.77. The third-order valence-corrected chi connectivity index (χ3v) is 6.63. The zero-order chi connectivity index (χ0) is 13.2. The molecule has 17 heavy (non-hydrogen) atoms. The average molecular weight is 342 g/mol. The van der Waals surface area contributed by atoms with E-state index in [0.29, 0.717) is 4.47 Å². The minimum absolute atomic E-state index is 0.0406. The lowest BCUT2D eigenvalue weighted by molar-refractivity contribution is -0.137. The molecule has 1 rings (SSSR count). The number of carboxylic acid groups (broad SMARTS) is 1. The van der Waals surface area contributed by atoms with E-state index in [4.69, 9.17) is 5.11 Å². The van der Waals surface area contributed by atoms with Gasteiger partial charge in [0.2, 0.25) is 0 Å². The Kier molecular flexibility index (Phi) is 4.70. The van der Waals surface area contributed by atoms with Crippen LogP contribution in [0.15, 0.2) is 14.7 Å². The first-order valence-electron chi connectivity index (χ1n) is 4.69. The molecule has 0 spiro atoms. The minimum atomic E-state index is -3.60. The fraction of sp³-hybridized carbons (Fsp3) is 0.444. The molecule has 0 fully saturated rings. The van der Waals surface area contributed by atoms with Crippen molar-refractivity contribution in [3.8, 4) is 0 Å². The molecule has 1 N–H and O–H groups in total. The van der Waals surface area contributed by atoms with Crippen LogP contribution in [0.1, 0.15) is 11.3 Å². The highest BCUT2D eigenvalue weighted by molar-refractivity contribution is 9.10. The van der Waals surface area contributed by atoms with E-state index in [1.807, 2.05) is 6.92 Å². The van der Waals surface area contributed by atoms with E-state index in [2.05, 4.69) is 15.9 Å². The molecule has 0 aliphatic heterocycles. The Labute approximate surface area is 112 Å². The van der Waals surface area contributed by atoms with Crippen LogP contribution in [-0.2, 0) is 14.8 Å². The van der Waals surface area contributed by atoms with Gasteiger partial charge in [-0.1, -0.05) is 0 Å². The van der Waals surface area contributed by atoms with Crippen LogP contribution in [-0.4, -0.2) is 37.4 Å². The number of sulfonamides is 1. The summed E-state index contributed by atoms with van der Waals surface area (Å²) in [4.78, 5) is 11.3. The maximum absolute atomic E-state index is 12.1. The first-order chi connectivity index (χ1) is 7.75. The Morgan fingerprint density at radius 2 is 2.18 bits per heavy atom. The van der Waals surface area contributed by atoms with E-state index >= 15 is 0 Å². The summed E-state index contributed by atoms with van der Waals surface area (Å²) >= 11 is 4.35. The Morgan fingerprint density at radius 3 is 2.59 bits per heavy atom. The lowest BCUT2D eigenvalue weighted by Crippen LogP contribution is -2.28. The van der Waals surface area contributed by atoms with Crippen LogP contribution in [0.25, 0.3) is 0 Å². The number of rotatable bonds is 5. The molecule has 96 valence electrons. The molecule has 0 radical (unpaired) electrons. The molecule has 0 aromatic carbocycles. The van der Waals surface area contributed by atoms with Gasteiger partial charge in [0, 0.05) is 22.9 Å². The number of carbonyl (C=O) groups is 1. The molecule has 1 heterocycles. The van der Waals surface area contributed by atoms with E-state index in [0.717, 1.165) is 20.5 Å². The van der Waals surface area contributed by atoms with Gasteiger partial charge in [-0.2, -0.15) is 4.31 Å². The van der Waals surface area contributed by atoms with Gasteiger partial charge in [0.25, 0.3) is 10.0 Å². The predicted octanol–water partition coefficient (Wildman–Crippen LogP) is 1.91. The number of hydrogen-bond acceptors (Lipinski definition) is 4. The Balaban J connectivity index is 2.95. The van der Waals surface area contributed by atoms with E-state index in [1.165, 1.54) is 7.05 Å². The summed E-state index contributed by atoms with van der Waals surface area (Å²) in [6.07, 6.45) is -0.211. The summed E-state index contributed by atoms with van der Waals surface area (Å²) in [6, 6.07) is 1.72. The van der Waals surface area contributed by atoms with Gasteiger partial charge in [0.05, 0.1) is 6.42 Å². The number of aliphatic carboxylic acids is 1. The zero-order valence-electron chi connectivity index (χ0n) is 9.31. The quantitative estimate of drug-likeness (QED) is 0.887. The van der Waals surface area contributed by atoms with Crippen LogP contribution < -0.4 is 0 Å². The Morgan fingerprint density at radius 1 is 1.59 bits per heavy atom. The van der Waals surface area contributed by atoms with Crippen LogP contribution in [0.2, 0.25) is 0 Å². The molecule has 0 unspecified atom stereocenters. The van der Waals surface area contributed by atoms with Crippen LogP contribution in [0.5, 0.6) is 0 Å². The lowest BCUT2D eigenvalue weighted by atomic mass is 10.4. The Bertz CT molecular complexity index is 523. The molecule has 0 bridgehead atoms. The standard InChI is InChI=1S/C9H12BrNO4S2/c1-6-5-7(10)9(16-6)17(14,15)11(2)4-3-8(12)13/h5H,3-4H2,1-2H3,(H,12,13). The van der Waals surface area contributed by atoms with Gasteiger partial charge in [-0.25, -0.2) is 8.42 Å². The van der Waals surface area contributed by atoms with Gasteiger partial charge in [-0.05, 0) is 28.9 Å². The van der Waals surface area contributed by atoms with Crippen LogP contribution in [0.3, 0.4) is 0 Å². The van der Waals surface area contributed by atoms with Gasteiger partial charge in [0.1, 0.15) is 4.21 Å². The smallest absolute Gasteiger partial charge is 0.304 e. The number of aryl methyl sites for hydroxylation is 1. The highest BCUT2D eigenvalue weighted by Gasteiger charge is 2.25. The van der Waals surface area contributed by atoms with Gasteiger partial charge >= 0.3 is 5.97 Å². The van der Waals surface area contributed by atoms with Gasteiger partial charge in [-0.15, -0.1) is 11.3 Å². The first-order valence-corrected chi connectivity index (χ1v) is 7.74. The summed E-state index contributed by atoms with van der Waals surface area (Å²) in [5.41, 5.74) is 0. The van der Waals surface area contributed by atoms with E-state index in [1.54, 1.807) is 6.07 Å². The van der Waals surface area contributed by atoms with Crippen molar-refractivity contribution in [1.82, 2.24) is 4.31 Å². The molecule has 0 saturated heterocycles. The van der Waals surface area contributed by atoms with E-state index in [9.17, 15) is 13.2 Å². The van der Waals surface area contributed by atoms with Crippen molar-refractivity contribution in [1.29, 1.82) is 0 Å². The molecule has 0 amide bonds. The van der Waals surface area contributed by atoms with Crippen molar-refractivity contribution < 1.29 is 18.3 Å². The van der Waals surface area contributed by atoms with E-state index in [-0.39, 0.29) is 17.2 Å². The fourth-order valence-electron chi connectivity index (χ4n) is 1.15. The van der Waals surface area contributed by atoms with Crippen molar-refractivity contribution in [2.75, 3.05) is 13.6 Å². The lowest BCUT2D eigenvalue weighted by Gasteiger charge is -2.15. The number of hydrogen-bond donors (Lipinski definition) is 1. The Hall–Kier alpha value is -0.440. The molecule has 0 saturated carbocycles. The van der Waals surface area contributed by atoms with Crippen LogP contribution >= 0.6 is 27.3 Å². The van der Waals surface area contributed by atoms with Crippen molar-refractivity contribution in [3.63, 3.8) is 0 Å². The molecular formula is C9H12BrNO4S2. The minimum Gasteiger partial charge on any atom is -0.481 e. The topological polar surface area (TPSA) is 74.7 Å². The van der Waals surface area contributed by atoms with Crippen LogP contribution in [0.4, 0.5) is 0 Å². The normalized spacial score (nSPS) is 12.0. The largest absolute Gasteiger partial charge is 0.481 e. The molecule has 0 atom stereocenters. The third-order valence-electron chi connectivity index (χ3n) is 2.06. The van der Waals surface area contributed by atoms with Gasteiger partial charge in [-0.3, -0.25) is 4.79 Å². The monoisotopic (exact) mass is 341 g/mol. The van der Waals surface area contributed by atoms with Crippen molar-refractivity contribution >= 4 is 43.3 Å². The summed E-state index contributed by atoms with van der Waals surface area (Å²) in [7, 11) is -2.23. The van der Waals surface area contributed by atoms with E-state index < -0.39 is 16.0 Å². The number of nitrogens with zero attached hydrogens (tertiary/aromatic N) is 1. The molecule has 5 nitrogen and oxygen atoms in total. The van der Waals surface area contributed by atoms with Crippen molar-refractivity contribution in [2.45, 2.75) is 17.6 Å². The second kappa shape index (κ2) is 5.47. The number of thiophene rings is 1. The first kappa shape index (κ1) is 14.6. The SMILES string of the molecule is Cc1cc(Br)c(S(=O)(=O)N(C)CCC(=O)O)s1. The summed E-state index contributed by atoms with van der Waals surface area (Å²) in [5, 5.41) is 8.53. The highest BCUT2D eigenvalue weighted by atomic mass is 79.9. The predicted molar refractivity (Wildman–Crippen MR) is 68.8 cm³/mol. The van der Waals surface area contributed by atoms with Gasteiger partial charge < -0.3 is 5.11 Å². The molecular weight excluding hydrogens is 330 g/mol. The van der Waals surface area contributed by atoms with Crippen LogP contribution in [0, 0.1) is 6.92 Å². The molecule has 1 aromatic heterocycles. The second-order valence-corrected chi connectivity index (χ2v) is 7.81.